The number of methoxy groups -OCH3 is 6. The maximum absolute atomic E-state index is 15.0. The van der Waals surface area contributed by atoms with E-state index in [1.165, 1.54) is 48.7 Å². The average Bonchev–Trinajstić information content (AvgIpc) is 3.91. The number of rotatable bonds is 17. The summed E-state index contributed by atoms with van der Waals surface area (Å²) in [6, 6.07) is 24.1. The Bertz CT molecular complexity index is 1730. The number of benzene rings is 4. The fourth-order valence-electron chi connectivity index (χ4n) is 5.87. The third-order valence-electron chi connectivity index (χ3n) is 8.43. The van der Waals surface area contributed by atoms with Gasteiger partial charge in [-0.05, 0) is 17.2 Å². The van der Waals surface area contributed by atoms with E-state index in [4.69, 9.17) is 33.3 Å². The third kappa shape index (κ3) is 7.95. The Balaban J connectivity index is 1.69. The molecule has 4 atom stereocenters. The number of hydrogen-bond acceptors (Lipinski definition) is 12. The zero-order valence-corrected chi connectivity index (χ0v) is 28.9. The lowest BCUT2D eigenvalue weighted by Crippen LogP contribution is -2.44. The molecule has 1 fully saturated rings. The van der Waals surface area contributed by atoms with Crippen molar-refractivity contribution in [3.63, 3.8) is 0 Å². The first kappa shape index (κ1) is 36.0. The first-order valence-corrected chi connectivity index (χ1v) is 15.8. The van der Waals surface area contributed by atoms with E-state index in [-0.39, 0.29) is 46.4 Å². The zero-order chi connectivity index (χ0) is 35.8. The molecule has 0 aliphatic carbocycles. The van der Waals surface area contributed by atoms with Crippen LogP contribution in [0.4, 0.5) is 0 Å². The molecule has 0 spiro atoms. The number of ether oxygens (including phenoxy) is 6. The highest BCUT2D eigenvalue weighted by Crippen LogP contribution is 2.43. The minimum Gasteiger partial charge on any atom is -0.507 e. The van der Waals surface area contributed by atoms with Crippen LogP contribution in [-0.2, 0) is 17.9 Å². The molecule has 0 amide bonds. The van der Waals surface area contributed by atoms with Gasteiger partial charge in [0.2, 0.25) is 0 Å². The number of carbonyl (C=O) groups excluding carboxylic acids is 1. The summed E-state index contributed by atoms with van der Waals surface area (Å²) in [6.45, 7) is 0.358. The molecule has 1 aliphatic heterocycles. The number of nitrogens with zero attached hydrogens (tertiary/aromatic N) is 2. The van der Waals surface area contributed by atoms with Gasteiger partial charge in [-0.2, -0.15) is 10.1 Å². The quantitative estimate of drug-likeness (QED) is 0.0570. The van der Waals surface area contributed by atoms with Gasteiger partial charge in [-0.3, -0.25) is 9.63 Å². The summed E-state index contributed by atoms with van der Waals surface area (Å²) < 4.78 is 33.4. The van der Waals surface area contributed by atoms with Crippen molar-refractivity contribution in [2.75, 3.05) is 42.7 Å². The molecule has 4 aromatic rings. The lowest BCUT2D eigenvalue weighted by molar-refractivity contribution is -0.133. The summed E-state index contributed by atoms with van der Waals surface area (Å²) in [5.41, 5.74) is 2.02. The summed E-state index contributed by atoms with van der Waals surface area (Å²) in [6.07, 6.45) is 0.557. The van der Waals surface area contributed by atoms with Crippen molar-refractivity contribution in [2.24, 2.45) is 5.92 Å². The maximum atomic E-state index is 15.0. The van der Waals surface area contributed by atoms with E-state index >= 15 is 4.79 Å². The second kappa shape index (κ2) is 16.4. The van der Waals surface area contributed by atoms with E-state index in [0.717, 1.165) is 16.2 Å². The van der Waals surface area contributed by atoms with Crippen LogP contribution in [-0.4, -0.2) is 81.2 Å². The van der Waals surface area contributed by atoms with Gasteiger partial charge in [0.25, 0.3) is 0 Å². The maximum Gasteiger partial charge on any atom is 0.179 e. The molecule has 0 radical (unpaired) electrons. The van der Waals surface area contributed by atoms with Crippen LogP contribution in [0.15, 0.2) is 91.0 Å². The van der Waals surface area contributed by atoms with Crippen LogP contribution in [0.5, 0.6) is 34.5 Å². The van der Waals surface area contributed by atoms with E-state index in [2.05, 4.69) is 0 Å². The van der Waals surface area contributed by atoms with Crippen molar-refractivity contribution in [2.45, 2.75) is 25.4 Å². The Kier molecular flexibility index (Phi) is 11.8. The Labute approximate surface area is 291 Å². The number of Topliss-reactive ketones (excluding diaryl/α,β-unsaturated/α-hetero) is 1. The topological polar surface area (TPSA) is 132 Å². The van der Waals surface area contributed by atoms with Gasteiger partial charge in [0.15, 0.2) is 12.0 Å². The fraction of sp³-hybridized carbons (Fsp3) is 0.289. The molecule has 2 N–H and O–H groups in total. The normalized spacial score (nSPS) is 16.7. The van der Waals surface area contributed by atoms with Gasteiger partial charge in [0, 0.05) is 30.8 Å². The van der Waals surface area contributed by atoms with Crippen LogP contribution >= 0.6 is 0 Å². The van der Waals surface area contributed by atoms with Crippen LogP contribution in [0.25, 0.3) is 5.76 Å². The average molecular weight is 687 g/mol. The van der Waals surface area contributed by atoms with E-state index in [1.807, 2.05) is 60.7 Å². The molecule has 0 bridgehead atoms. The molecule has 1 aliphatic rings. The number of hydrogen-bond donors (Lipinski definition) is 2. The molecule has 12 heteroatoms. The highest BCUT2D eigenvalue weighted by Gasteiger charge is 2.52. The third-order valence-corrected chi connectivity index (χ3v) is 8.43. The van der Waals surface area contributed by atoms with Crippen LogP contribution < -0.4 is 28.4 Å². The van der Waals surface area contributed by atoms with Gasteiger partial charge in [0.1, 0.15) is 51.4 Å². The first-order valence-electron chi connectivity index (χ1n) is 15.8. The molecule has 4 unspecified atom stereocenters. The summed E-state index contributed by atoms with van der Waals surface area (Å²) in [7, 11) is 8.77. The number of aliphatic hydroxyl groups is 1. The number of ketones is 1. The molecule has 0 saturated carbocycles. The fourth-order valence-corrected chi connectivity index (χ4v) is 5.87. The molecule has 4 aromatic carbocycles. The summed E-state index contributed by atoms with van der Waals surface area (Å²) in [5.74, 6) is -0.200. The Morgan fingerprint density at radius 1 is 0.740 bits per heavy atom. The highest BCUT2D eigenvalue weighted by molar-refractivity contribution is 6.04. The van der Waals surface area contributed by atoms with Gasteiger partial charge >= 0.3 is 0 Å². The van der Waals surface area contributed by atoms with Crippen LogP contribution in [0.2, 0.25) is 0 Å². The summed E-state index contributed by atoms with van der Waals surface area (Å²) >= 11 is 0. The molecule has 12 nitrogen and oxygen atoms in total. The van der Waals surface area contributed by atoms with Crippen molar-refractivity contribution in [1.82, 2.24) is 10.1 Å². The van der Waals surface area contributed by atoms with Gasteiger partial charge in [-0.1, -0.05) is 60.7 Å². The predicted octanol–water partition coefficient (Wildman–Crippen LogP) is 6.17. The monoisotopic (exact) mass is 686 g/mol. The molecular weight excluding hydrogens is 644 g/mol. The van der Waals surface area contributed by atoms with Crippen LogP contribution in [0, 0.1) is 5.92 Å². The molecule has 0 aromatic heterocycles. The van der Waals surface area contributed by atoms with Crippen molar-refractivity contribution >= 4 is 11.5 Å². The highest BCUT2D eigenvalue weighted by atomic mass is 16.8. The van der Waals surface area contributed by atoms with Crippen molar-refractivity contribution < 1.29 is 48.4 Å². The molecule has 1 heterocycles. The largest absolute Gasteiger partial charge is 0.507 e. The molecule has 5 rings (SSSR count). The van der Waals surface area contributed by atoms with E-state index in [9.17, 15) is 10.3 Å². The van der Waals surface area contributed by atoms with Gasteiger partial charge in [0.05, 0.1) is 61.2 Å². The minimum absolute atomic E-state index is 0.00175. The molecular formula is C38H42N2O10. The SMILES string of the molecule is COc1cc(OC)c(C(=O)C(C(/C=C(/O)c2c(OC)cc(OC)cc2OC)N(O)Cc2ccccc2)C2ON2Cc2ccccc2)c(OC)c1. The lowest BCUT2D eigenvalue weighted by atomic mass is 9.87. The zero-order valence-electron chi connectivity index (χ0n) is 28.9. The smallest absolute Gasteiger partial charge is 0.179 e. The van der Waals surface area contributed by atoms with E-state index < -0.39 is 24.0 Å². The van der Waals surface area contributed by atoms with Gasteiger partial charge < -0.3 is 38.7 Å². The molecule has 50 heavy (non-hydrogen) atoms. The second-order valence-electron chi connectivity index (χ2n) is 11.4. The van der Waals surface area contributed by atoms with Crippen LogP contribution in [0.3, 0.4) is 0 Å². The number of hydroxylamine groups is 4. The van der Waals surface area contributed by atoms with E-state index in [0.29, 0.717) is 18.0 Å². The Hall–Kier alpha value is -5.27. The van der Waals surface area contributed by atoms with Crippen molar-refractivity contribution in [1.29, 1.82) is 0 Å². The van der Waals surface area contributed by atoms with Crippen LogP contribution in [0.1, 0.15) is 27.0 Å². The molecule has 264 valence electrons. The summed E-state index contributed by atoms with van der Waals surface area (Å²) in [5, 5.41) is 26.4. The van der Waals surface area contributed by atoms with Gasteiger partial charge in [-0.25, -0.2) is 0 Å². The molecule has 1 saturated heterocycles. The Morgan fingerprint density at radius 3 is 1.66 bits per heavy atom. The van der Waals surface area contributed by atoms with Crippen molar-refractivity contribution in [3.8, 4) is 34.5 Å². The minimum atomic E-state index is -1.19. The van der Waals surface area contributed by atoms with Gasteiger partial charge in [-0.15, -0.1) is 0 Å². The second-order valence-corrected chi connectivity index (χ2v) is 11.4. The standard InChI is InChI=1S/C38H42N2O10/c1-44-26-17-30(46-3)35(31(18-26)47-4)29(41)21-28(39(43)22-24-13-9-7-10-14-24)34(38-40(50-38)23-25-15-11-8-12-16-25)37(42)36-32(48-5)19-27(45-2)20-33(36)49-6/h7-21,28,34,38,41,43H,22-23H2,1-6H3/b29-21+. The predicted molar refractivity (Wildman–Crippen MR) is 185 cm³/mol. The summed E-state index contributed by atoms with van der Waals surface area (Å²) in [4.78, 5) is 21.1. The number of aliphatic hydroxyl groups excluding tert-OH is 1. The van der Waals surface area contributed by atoms with Crippen molar-refractivity contribution in [3.05, 3.63) is 113 Å². The van der Waals surface area contributed by atoms with E-state index in [1.54, 1.807) is 29.3 Å². The lowest BCUT2D eigenvalue weighted by Gasteiger charge is -2.30. The number of carbonyl (C=O) groups is 1. The first-order chi connectivity index (χ1) is 24.3. The Morgan fingerprint density at radius 2 is 1.20 bits per heavy atom.